The van der Waals surface area contributed by atoms with E-state index in [1.807, 2.05) is 0 Å². The van der Waals surface area contributed by atoms with E-state index in [1.165, 1.54) is 0 Å². The molecule has 0 saturated carbocycles. The quantitative estimate of drug-likeness (QED) is 0.879. The molecule has 100 valence electrons. The van der Waals surface area contributed by atoms with Crippen molar-refractivity contribution in [2.45, 2.75) is 0 Å². The smallest absolute Gasteiger partial charge is 0.358 e. The van der Waals surface area contributed by atoms with Gasteiger partial charge in [0, 0.05) is 6.07 Å². The summed E-state index contributed by atoms with van der Waals surface area (Å²) in [7, 11) is 1.13. The first-order valence-corrected chi connectivity index (χ1v) is 5.25. The van der Waals surface area contributed by atoms with Gasteiger partial charge in [-0.05, 0) is 6.07 Å². The zero-order chi connectivity index (χ0) is 14.2. The lowest BCUT2D eigenvalue weighted by Crippen LogP contribution is -1.96. The Kier molecular flexibility index (Phi) is 3.39. The minimum absolute atomic E-state index is 0.0357. The van der Waals surface area contributed by atoms with E-state index < -0.39 is 28.4 Å². The molecule has 0 aliphatic heterocycles. The summed E-state index contributed by atoms with van der Waals surface area (Å²) in [4.78, 5) is 10.7. The molecule has 0 unspecified atom stereocenters. The first-order chi connectivity index (χ1) is 8.95. The van der Waals surface area contributed by atoms with Crippen LogP contribution in [0.25, 0.3) is 11.3 Å². The minimum atomic E-state index is -1.32. The van der Waals surface area contributed by atoms with Crippen LogP contribution in [-0.2, 0) is 0 Å². The molecule has 1 N–H and O–H groups in total. The van der Waals surface area contributed by atoms with Crippen molar-refractivity contribution in [3.8, 4) is 17.1 Å². The van der Waals surface area contributed by atoms with E-state index in [2.05, 4.69) is 5.16 Å². The van der Waals surface area contributed by atoms with Gasteiger partial charge < -0.3 is 14.4 Å². The van der Waals surface area contributed by atoms with Gasteiger partial charge in [-0.1, -0.05) is 16.8 Å². The van der Waals surface area contributed by atoms with Gasteiger partial charge in [-0.3, -0.25) is 0 Å². The molecule has 0 atom stereocenters. The van der Waals surface area contributed by atoms with Crippen molar-refractivity contribution >= 4 is 17.6 Å². The molecule has 0 spiro atoms. The molecule has 0 bridgehead atoms. The summed E-state index contributed by atoms with van der Waals surface area (Å²) in [5, 5.41) is 11.5. The fraction of sp³-hybridized carbons (Fsp3) is 0.0909. The Bertz CT molecular complexity index is 656. The number of methoxy groups -OCH3 is 1. The van der Waals surface area contributed by atoms with Crippen molar-refractivity contribution in [2.75, 3.05) is 7.11 Å². The van der Waals surface area contributed by atoms with E-state index in [9.17, 15) is 13.6 Å². The average Bonchev–Trinajstić information content (AvgIpc) is 2.85. The predicted molar refractivity (Wildman–Crippen MR) is 60.4 cm³/mol. The summed E-state index contributed by atoms with van der Waals surface area (Å²) in [5.41, 5.74) is -0.413. The molecule has 2 rings (SSSR count). The van der Waals surface area contributed by atoms with Crippen LogP contribution >= 0.6 is 11.6 Å². The molecule has 8 heteroatoms. The lowest BCUT2D eigenvalue weighted by molar-refractivity contribution is 0.0686. The maximum absolute atomic E-state index is 13.6. The molecule has 0 radical (unpaired) electrons. The Morgan fingerprint density at radius 1 is 1.42 bits per heavy atom. The van der Waals surface area contributed by atoms with E-state index in [1.54, 1.807) is 0 Å². The number of halogens is 3. The number of nitrogens with zero attached hydrogens (tertiary/aromatic N) is 1. The van der Waals surface area contributed by atoms with Crippen molar-refractivity contribution in [3.63, 3.8) is 0 Å². The predicted octanol–water partition coefficient (Wildman–Crippen LogP) is 2.98. The summed E-state index contributed by atoms with van der Waals surface area (Å²) in [5.74, 6) is -4.42. The van der Waals surface area contributed by atoms with Crippen LogP contribution in [0, 0.1) is 11.6 Å². The Labute approximate surface area is 110 Å². The molecule has 0 aliphatic carbocycles. The summed E-state index contributed by atoms with van der Waals surface area (Å²) < 4.78 is 36.4. The molecule has 0 fully saturated rings. The van der Waals surface area contributed by atoms with Gasteiger partial charge in [0.2, 0.25) is 5.82 Å². The first kappa shape index (κ1) is 13.3. The van der Waals surface area contributed by atoms with Crippen molar-refractivity contribution in [2.24, 2.45) is 0 Å². The van der Waals surface area contributed by atoms with Gasteiger partial charge in [0.1, 0.15) is 0 Å². The van der Waals surface area contributed by atoms with Gasteiger partial charge in [0.15, 0.2) is 23.0 Å². The third-order valence-corrected chi connectivity index (χ3v) is 2.59. The maximum atomic E-state index is 13.6. The number of hydrogen-bond acceptors (Lipinski definition) is 4. The SMILES string of the molecule is COc1c(-c2cc(C(=O)O)no2)cc(Cl)c(F)c1F. The number of carboxylic acid groups (broad SMARTS) is 1. The largest absolute Gasteiger partial charge is 0.493 e. The standard InChI is InChI=1S/C11H6ClF2NO4/c1-18-10-4(2-5(12)8(13)9(10)14)7-3-6(11(16)17)15-19-7/h2-3H,1H3,(H,16,17). The second kappa shape index (κ2) is 4.85. The van der Waals surface area contributed by atoms with Crippen LogP contribution in [0.3, 0.4) is 0 Å². The maximum Gasteiger partial charge on any atom is 0.358 e. The molecule has 1 heterocycles. The van der Waals surface area contributed by atoms with Gasteiger partial charge in [-0.15, -0.1) is 0 Å². The van der Waals surface area contributed by atoms with Gasteiger partial charge in [-0.25, -0.2) is 9.18 Å². The number of aromatic carboxylic acids is 1. The summed E-state index contributed by atoms with van der Waals surface area (Å²) in [6.45, 7) is 0. The normalized spacial score (nSPS) is 10.5. The Hall–Kier alpha value is -2.15. The topological polar surface area (TPSA) is 72.6 Å². The second-order valence-electron chi connectivity index (χ2n) is 3.45. The molecule has 5 nitrogen and oxygen atoms in total. The number of carboxylic acids is 1. The van der Waals surface area contributed by atoms with E-state index in [4.69, 9.17) is 26.0 Å². The fourth-order valence-corrected chi connectivity index (χ4v) is 1.66. The summed E-state index contributed by atoms with van der Waals surface area (Å²) in [6, 6.07) is 2.11. The van der Waals surface area contributed by atoms with Crippen LogP contribution < -0.4 is 4.74 Å². The zero-order valence-electron chi connectivity index (χ0n) is 9.41. The third-order valence-electron chi connectivity index (χ3n) is 2.32. The van der Waals surface area contributed by atoms with Crippen LogP contribution in [0.4, 0.5) is 8.78 Å². The number of hydrogen-bond donors (Lipinski definition) is 1. The number of rotatable bonds is 3. The van der Waals surface area contributed by atoms with Crippen LogP contribution in [0.1, 0.15) is 10.5 Å². The molecule has 19 heavy (non-hydrogen) atoms. The Morgan fingerprint density at radius 3 is 2.63 bits per heavy atom. The van der Waals surface area contributed by atoms with Crippen molar-refractivity contribution < 1.29 is 27.9 Å². The highest BCUT2D eigenvalue weighted by Gasteiger charge is 2.23. The average molecular weight is 290 g/mol. The van der Waals surface area contributed by atoms with Crippen molar-refractivity contribution in [1.29, 1.82) is 0 Å². The highest BCUT2D eigenvalue weighted by molar-refractivity contribution is 6.31. The monoisotopic (exact) mass is 289 g/mol. The van der Waals surface area contributed by atoms with Gasteiger partial charge in [0.25, 0.3) is 0 Å². The van der Waals surface area contributed by atoms with Crippen LogP contribution in [0.15, 0.2) is 16.7 Å². The molecular weight excluding hydrogens is 284 g/mol. The van der Waals surface area contributed by atoms with E-state index >= 15 is 0 Å². The summed E-state index contributed by atoms with van der Waals surface area (Å²) >= 11 is 5.52. The minimum Gasteiger partial charge on any atom is -0.493 e. The molecule has 0 amide bonds. The van der Waals surface area contributed by atoms with E-state index in [-0.39, 0.29) is 17.0 Å². The molecule has 2 aromatic rings. The molecule has 1 aromatic heterocycles. The molecule has 0 aliphatic rings. The van der Waals surface area contributed by atoms with Gasteiger partial charge in [0.05, 0.1) is 17.7 Å². The highest BCUT2D eigenvalue weighted by Crippen LogP contribution is 2.37. The molecule has 0 saturated heterocycles. The van der Waals surface area contributed by atoms with Crippen LogP contribution in [0.5, 0.6) is 5.75 Å². The number of aromatic nitrogens is 1. The number of carbonyl (C=O) groups is 1. The summed E-state index contributed by atoms with van der Waals surface area (Å²) in [6.07, 6.45) is 0. The van der Waals surface area contributed by atoms with Gasteiger partial charge in [-0.2, -0.15) is 4.39 Å². The fourth-order valence-electron chi connectivity index (χ4n) is 1.46. The number of ether oxygens (including phenoxy) is 1. The molecule has 1 aromatic carbocycles. The van der Waals surface area contributed by atoms with Gasteiger partial charge >= 0.3 is 5.97 Å². The van der Waals surface area contributed by atoms with Crippen molar-refractivity contribution in [1.82, 2.24) is 5.16 Å². The van der Waals surface area contributed by atoms with Crippen LogP contribution in [0.2, 0.25) is 5.02 Å². The molecular formula is C11H6ClF2NO4. The zero-order valence-corrected chi connectivity index (χ0v) is 10.2. The van der Waals surface area contributed by atoms with E-state index in [0.717, 1.165) is 19.2 Å². The third kappa shape index (κ3) is 2.24. The Morgan fingerprint density at radius 2 is 2.11 bits per heavy atom. The number of benzene rings is 1. The van der Waals surface area contributed by atoms with E-state index in [0.29, 0.717) is 0 Å². The first-order valence-electron chi connectivity index (χ1n) is 4.87. The Balaban J connectivity index is 2.63. The lowest BCUT2D eigenvalue weighted by atomic mass is 10.1. The van der Waals surface area contributed by atoms with Crippen molar-refractivity contribution in [3.05, 3.63) is 34.5 Å². The van der Waals surface area contributed by atoms with Crippen LogP contribution in [-0.4, -0.2) is 23.3 Å². The second-order valence-corrected chi connectivity index (χ2v) is 3.86. The lowest BCUT2D eigenvalue weighted by Gasteiger charge is -2.08. The highest BCUT2D eigenvalue weighted by atomic mass is 35.5.